The molecule has 0 aliphatic carbocycles. The highest BCUT2D eigenvalue weighted by atomic mass is 15.2. The van der Waals surface area contributed by atoms with Gasteiger partial charge in [0, 0.05) is 25.5 Å². The molecule has 0 unspecified atom stereocenters. The van der Waals surface area contributed by atoms with Crippen molar-refractivity contribution >= 4 is 5.95 Å². The van der Waals surface area contributed by atoms with Crippen LogP contribution in [0.1, 0.15) is 24.5 Å². The van der Waals surface area contributed by atoms with Crippen LogP contribution in [0.15, 0.2) is 36.7 Å². The summed E-state index contributed by atoms with van der Waals surface area (Å²) < 4.78 is 2.18. The second kappa shape index (κ2) is 6.24. The molecule has 0 aliphatic heterocycles. The lowest BCUT2D eigenvalue weighted by atomic mass is 10.1. The van der Waals surface area contributed by atoms with Crippen molar-refractivity contribution in [2.24, 2.45) is 0 Å². The van der Waals surface area contributed by atoms with Crippen molar-refractivity contribution in [1.29, 1.82) is 0 Å². The fourth-order valence-corrected chi connectivity index (χ4v) is 2.01. The third-order valence-electron chi connectivity index (χ3n) is 2.97. The normalized spacial score (nSPS) is 10.6. The van der Waals surface area contributed by atoms with E-state index in [1.165, 1.54) is 11.1 Å². The molecule has 0 bridgehead atoms. The molecule has 1 aromatic heterocycles. The molecule has 0 amide bonds. The SMILES string of the molecule is CCCNc1nccn1CCc1cccc(C)c1. The molecule has 1 N–H and O–H groups in total. The van der Waals surface area contributed by atoms with E-state index in [1.807, 2.05) is 12.4 Å². The van der Waals surface area contributed by atoms with Crippen LogP contribution in [0.2, 0.25) is 0 Å². The lowest BCUT2D eigenvalue weighted by molar-refractivity contribution is 0.698. The smallest absolute Gasteiger partial charge is 0.202 e. The molecule has 0 saturated carbocycles. The van der Waals surface area contributed by atoms with Crippen LogP contribution >= 0.6 is 0 Å². The summed E-state index contributed by atoms with van der Waals surface area (Å²) in [5, 5.41) is 3.34. The highest BCUT2D eigenvalue weighted by Crippen LogP contribution is 2.09. The first-order chi connectivity index (χ1) is 8.79. The van der Waals surface area contributed by atoms with E-state index in [0.717, 1.165) is 31.9 Å². The van der Waals surface area contributed by atoms with E-state index in [-0.39, 0.29) is 0 Å². The molecule has 2 aromatic rings. The van der Waals surface area contributed by atoms with Gasteiger partial charge in [0.15, 0.2) is 0 Å². The third kappa shape index (κ3) is 3.36. The molecule has 3 heteroatoms. The van der Waals surface area contributed by atoms with Crippen LogP contribution in [0.4, 0.5) is 5.95 Å². The van der Waals surface area contributed by atoms with E-state index >= 15 is 0 Å². The molecular formula is C15H21N3. The average molecular weight is 243 g/mol. The first-order valence-electron chi connectivity index (χ1n) is 6.60. The third-order valence-corrected chi connectivity index (χ3v) is 2.97. The highest BCUT2D eigenvalue weighted by Gasteiger charge is 2.01. The zero-order valence-corrected chi connectivity index (χ0v) is 11.2. The van der Waals surface area contributed by atoms with Crippen LogP contribution < -0.4 is 5.32 Å². The van der Waals surface area contributed by atoms with Gasteiger partial charge in [-0.2, -0.15) is 0 Å². The Morgan fingerprint density at radius 1 is 1.33 bits per heavy atom. The van der Waals surface area contributed by atoms with Crippen molar-refractivity contribution in [2.75, 3.05) is 11.9 Å². The number of imidazole rings is 1. The van der Waals surface area contributed by atoms with Crippen LogP contribution in [0.5, 0.6) is 0 Å². The lowest BCUT2D eigenvalue weighted by Gasteiger charge is -2.09. The molecule has 96 valence electrons. The molecule has 0 atom stereocenters. The Balaban J connectivity index is 1.95. The molecule has 2 rings (SSSR count). The van der Waals surface area contributed by atoms with Gasteiger partial charge < -0.3 is 9.88 Å². The van der Waals surface area contributed by atoms with Crippen LogP contribution in [0.25, 0.3) is 0 Å². The number of nitrogens with one attached hydrogen (secondary N) is 1. The summed E-state index contributed by atoms with van der Waals surface area (Å²) in [6, 6.07) is 8.68. The summed E-state index contributed by atoms with van der Waals surface area (Å²) in [4.78, 5) is 4.34. The van der Waals surface area contributed by atoms with Gasteiger partial charge in [-0.25, -0.2) is 4.98 Å². The van der Waals surface area contributed by atoms with E-state index < -0.39 is 0 Å². The first kappa shape index (κ1) is 12.7. The van der Waals surface area contributed by atoms with Gasteiger partial charge in [0.25, 0.3) is 0 Å². The van der Waals surface area contributed by atoms with Crippen LogP contribution in [0.3, 0.4) is 0 Å². The number of aromatic nitrogens is 2. The molecule has 0 fully saturated rings. The number of aryl methyl sites for hydroxylation is 3. The Morgan fingerprint density at radius 3 is 3.00 bits per heavy atom. The zero-order chi connectivity index (χ0) is 12.8. The Morgan fingerprint density at radius 2 is 2.22 bits per heavy atom. The number of anilines is 1. The Bertz CT molecular complexity index is 488. The van der Waals surface area contributed by atoms with E-state index in [2.05, 4.69) is 53.0 Å². The lowest BCUT2D eigenvalue weighted by Crippen LogP contribution is -2.09. The van der Waals surface area contributed by atoms with Crippen molar-refractivity contribution in [3.8, 4) is 0 Å². The maximum Gasteiger partial charge on any atom is 0.202 e. The number of hydrogen-bond acceptors (Lipinski definition) is 2. The van der Waals surface area contributed by atoms with E-state index in [9.17, 15) is 0 Å². The number of hydrogen-bond donors (Lipinski definition) is 1. The highest BCUT2D eigenvalue weighted by molar-refractivity contribution is 5.26. The predicted molar refractivity (Wildman–Crippen MR) is 75.9 cm³/mol. The summed E-state index contributed by atoms with van der Waals surface area (Å²) in [5.41, 5.74) is 2.70. The maximum atomic E-state index is 4.34. The first-order valence-corrected chi connectivity index (χ1v) is 6.60. The van der Waals surface area contributed by atoms with Crippen LogP contribution in [0, 0.1) is 6.92 Å². The van der Waals surface area contributed by atoms with Gasteiger partial charge in [0.05, 0.1) is 0 Å². The standard InChI is InChI=1S/C15H21N3/c1-3-8-16-15-17-9-11-18(15)10-7-14-6-4-5-13(2)12-14/h4-6,9,11-12H,3,7-8,10H2,1-2H3,(H,16,17). The van der Waals surface area contributed by atoms with Crippen molar-refractivity contribution in [3.05, 3.63) is 47.8 Å². The fourth-order valence-electron chi connectivity index (χ4n) is 2.01. The van der Waals surface area contributed by atoms with E-state index in [4.69, 9.17) is 0 Å². The fraction of sp³-hybridized carbons (Fsp3) is 0.400. The predicted octanol–water partition coefficient (Wildman–Crippen LogP) is 3.26. The molecule has 0 spiro atoms. The van der Waals surface area contributed by atoms with Gasteiger partial charge in [0.2, 0.25) is 5.95 Å². The Kier molecular flexibility index (Phi) is 4.40. The van der Waals surface area contributed by atoms with Gasteiger partial charge >= 0.3 is 0 Å². The zero-order valence-electron chi connectivity index (χ0n) is 11.2. The van der Waals surface area contributed by atoms with Crippen molar-refractivity contribution < 1.29 is 0 Å². The van der Waals surface area contributed by atoms with Crippen molar-refractivity contribution in [2.45, 2.75) is 33.2 Å². The summed E-state index contributed by atoms with van der Waals surface area (Å²) in [5.74, 6) is 0.976. The van der Waals surface area contributed by atoms with Gasteiger partial charge in [-0.05, 0) is 25.3 Å². The Labute approximate surface area is 109 Å². The summed E-state index contributed by atoms with van der Waals surface area (Å²) in [7, 11) is 0. The van der Waals surface area contributed by atoms with Gasteiger partial charge in [-0.15, -0.1) is 0 Å². The van der Waals surface area contributed by atoms with Gasteiger partial charge in [-0.3, -0.25) is 0 Å². The minimum Gasteiger partial charge on any atom is -0.356 e. The number of nitrogens with zero attached hydrogens (tertiary/aromatic N) is 2. The quantitative estimate of drug-likeness (QED) is 0.844. The molecule has 1 heterocycles. The molecule has 0 radical (unpaired) electrons. The number of benzene rings is 1. The van der Waals surface area contributed by atoms with Crippen LogP contribution in [-0.2, 0) is 13.0 Å². The second-order valence-corrected chi connectivity index (χ2v) is 4.61. The summed E-state index contributed by atoms with van der Waals surface area (Å²) in [6.07, 6.45) is 6.05. The van der Waals surface area contributed by atoms with Crippen molar-refractivity contribution in [3.63, 3.8) is 0 Å². The molecule has 0 aliphatic rings. The molecular weight excluding hydrogens is 222 g/mol. The van der Waals surface area contributed by atoms with Crippen molar-refractivity contribution in [1.82, 2.24) is 9.55 Å². The number of rotatable bonds is 6. The summed E-state index contributed by atoms with van der Waals surface area (Å²) >= 11 is 0. The Hall–Kier alpha value is -1.77. The minimum atomic E-state index is 0.968. The molecule has 0 saturated heterocycles. The topological polar surface area (TPSA) is 29.9 Å². The van der Waals surface area contributed by atoms with Gasteiger partial charge in [-0.1, -0.05) is 36.8 Å². The maximum absolute atomic E-state index is 4.34. The largest absolute Gasteiger partial charge is 0.356 e. The second-order valence-electron chi connectivity index (χ2n) is 4.61. The summed E-state index contributed by atoms with van der Waals surface area (Å²) in [6.45, 7) is 6.24. The van der Waals surface area contributed by atoms with E-state index in [1.54, 1.807) is 0 Å². The minimum absolute atomic E-state index is 0.968. The molecule has 18 heavy (non-hydrogen) atoms. The van der Waals surface area contributed by atoms with Crippen LogP contribution in [-0.4, -0.2) is 16.1 Å². The molecule has 3 nitrogen and oxygen atoms in total. The monoisotopic (exact) mass is 243 g/mol. The average Bonchev–Trinajstić information content (AvgIpc) is 2.81. The molecule has 1 aromatic carbocycles. The van der Waals surface area contributed by atoms with Gasteiger partial charge in [0.1, 0.15) is 0 Å². The van der Waals surface area contributed by atoms with E-state index in [0.29, 0.717) is 0 Å².